The van der Waals surface area contributed by atoms with E-state index in [0.717, 1.165) is 0 Å². The van der Waals surface area contributed by atoms with Gasteiger partial charge in [-0.15, -0.1) is 0 Å². The van der Waals surface area contributed by atoms with Crippen LogP contribution in [-0.2, 0) is 47.6 Å². The van der Waals surface area contributed by atoms with E-state index >= 15 is 0 Å². The summed E-state index contributed by atoms with van der Waals surface area (Å²) in [7, 11) is 0. The zero-order chi connectivity index (χ0) is 2.00. The average molecular weight is 357 g/mol. The summed E-state index contributed by atoms with van der Waals surface area (Å²) < 4.78 is 0. The minimum absolute atomic E-state index is 0. The van der Waals surface area contributed by atoms with Crippen molar-refractivity contribution in [1.82, 2.24) is 0 Å². The molecule has 0 aromatic carbocycles. The smallest absolute Gasteiger partial charge is 0 e. The Morgan fingerprint density at radius 2 is 1.25 bits per heavy atom. The van der Waals surface area contributed by atoms with Crippen molar-refractivity contribution in [2.45, 2.75) is 0 Å². The maximum atomic E-state index is 4.20. The van der Waals surface area contributed by atoms with Crippen LogP contribution < -0.4 is 0 Å². The molecular formula is CuLaMoNi. The van der Waals surface area contributed by atoms with Crippen LogP contribution in [0.5, 0.6) is 0 Å². The van der Waals surface area contributed by atoms with Crippen LogP contribution in [-0.4, -0.2) is 0 Å². The molecule has 0 fully saturated rings. The second-order valence-electron chi connectivity index (χ2n) is 0. The summed E-state index contributed by atoms with van der Waals surface area (Å²) in [6.07, 6.45) is 0. The van der Waals surface area contributed by atoms with Gasteiger partial charge >= 0.3 is 31.1 Å². The van der Waals surface area contributed by atoms with Crippen molar-refractivity contribution in [2.75, 3.05) is 0 Å². The molecule has 0 saturated carbocycles. The van der Waals surface area contributed by atoms with Gasteiger partial charge in [0.25, 0.3) is 0 Å². The van der Waals surface area contributed by atoms with E-state index in [2.05, 4.69) is 13.4 Å². The van der Waals surface area contributed by atoms with E-state index in [9.17, 15) is 0 Å². The summed E-state index contributed by atoms with van der Waals surface area (Å²) in [5, 5.41) is 0. The largest absolute Gasteiger partial charge is 0 e. The topological polar surface area (TPSA) is 0 Å². The van der Waals surface area contributed by atoms with E-state index in [4.69, 9.17) is 0 Å². The first kappa shape index (κ1) is 15.8. The summed E-state index contributed by atoms with van der Waals surface area (Å²) in [5.41, 5.74) is 0. The molecule has 0 aliphatic heterocycles. The fourth-order valence-electron chi connectivity index (χ4n) is 0. The van der Waals surface area contributed by atoms with Crippen molar-refractivity contribution < 1.29 is 83.2 Å². The molecule has 0 atom stereocenters. The molecule has 0 spiro atoms. The van der Waals surface area contributed by atoms with Gasteiger partial charge in [0.1, 0.15) is 0 Å². The van der Waals surface area contributed by atoms with Crippen LogP contribution in [0.2, 0.25) is 0 Å². The van der Waals surface area contributed by atoms with Gasteiger partial charge in [-0.05, 0) is 0 Å². The first-order chi connectivity index (χ1) is 1.00. The van der Waals surface area contributed by atoms with Crippen molar-refractivity contribution >= 4 is 0 Å². The van der Waals surface area contributed by atoms with Crippen LogP contribution >= 0.6 is 0 Å². The van der Waals surface area contributed by atoms with Crippen molar-refractivity contribution in [1.29, 1.82) is 0 Å². The van der Waals surface area contributed by atoms with E-state index in [1.165, 1.54) is 17.7 Å². The Labute approximate surface area is 81.5 Å². The van der Waals surface area contributed by atoms with Gasteiger partial charge in [-0.1, -0.05) is 0 Å². The molecule has 0 aromatic rings. The third kappa shape index (κ3) is 8.86. The third-order valence-electron chi connectivity index (χ3n) is 0. The maximum Gasteiger partial charge on any atom is 0 e. The van der Waals surface area contributed by atoms with Crippen molar-refractivity contribution in [3.05, 3.63) is 0 Å². The standard InChI is InChI=1S/Cu.La.Mo.Ni. The SMILES string of the molecule is [Cu][Mo].[La].[Ni]. The van der Waals surface area contributed by atoms with E-state index in [1.807, 2.05) is 0 Å². The molecule has 0 amide bonds. The van der Waals surface area contributed by atoms with Gasteiger partial charge in [0.05, 0.1) is 0 Å². The van der Waals surface area contributed by atoms with Gasteiger partial charge in [0.15, 0.2) is 0 Å². The predicted molar refractivity (Wildman–Crippen MR) is 0 cm³/mol. The Kier molecular flexibility index (Phi) is 66.5. The Bertz CT molecular complexity index is 8.00. The van der Waals surface area contributed by atoms with Crippen LogP contribution in [0.25, 0.3) is 0 Å². The molecule has 0 N–H and O–H groups in total. The average Bonchev–Trinajstić information content (AvgIpc) is 1.00. The van der Waals surface area contributed by atoms with E-state index in [0.29, 0.717) is 0 Å². The van der Waals surface area contributed by atoms with Gasteiger partial charge in [-0.25, -0.2) is 0 Å². The molecule has 1 radical (unpaired) electrons. The molecule has 4 heteroatoms. The maximum absolute atomic E-state index is 4.20. The van der Waals surface area contributed by atoms with Gasteiger partial charge < -0.3 is 0 Å². The number of hydrogen-bond donors (Lipinski definition) is 0. The first-order valence-corrected chi connectivity index (χ1v) is 3.00. The summed E-state index contributed by atoms with van der Waals surface area (Å²) in [5.74, 6) is 0. The van der Waals surface area contributed by atoms with Gasteiger partial charge in [0, 0.05) is 52.1 Å². The predicted octanol–water partition coefficient (Wildman–Crippen LogP) is -0.00750. The summed E-state index contributed by atoms with van der Waals surface area (Å²) in [6, 6.07) is 0. The van der Waals surface area contributed by atoms with Crippen LogP contribution in [0, 0.1) is 35.6 Å². The van der Waals surface area contributed by atoms with Crippen molar-refractivity contribution in [2.24, 2.45) is 0 Å². The Morgan fingerprint density at radius 1 is 1.25 bits per heavy atom. The van der Waals surface area contributed by atoms with E-state index < -0.39 is 0 Å². The van der Waals surface area contributed by atoms with Gasteiger partial charge in [-0.2, -0.15) is 0 Å². The molecule has 0 aromatic heterocycles. The fourth-order valence-corrected chi connectivity index (χ4v) is 0. The molecule has 30 valence electrons. The molecule has 0 bridgehead atoms. The zero-order valence-electron chi connectivity index (χ0n) is 1.60. The van der Waals surface area contributed by atoms with Gasteiger partial charge in [-0.3, -0.25) is 0 Å². The Balaban J connectivity index is -0.00000000500. The third-order valence-corrected chi connectivity index (χ3v) is 0. The second kappa shape index (κ2) is 16.9. The molecule has 0 aliphatic carbocycles. The van der Waals surface area contributed by atoms with E-state index in [1.54, 1.807) is 0 Å². The van der Waals surface area contributed by atoms with E-state index in [-0.39, 0.29) is 52.1 Å². The molecule has 0 unspecified atom stereocenters. The molecule has 4 heavy (non-hydrogen) atoms. The van der Waals surface area contributed by atoms with Crippen LogP contribution in [0.4, 0.5) is 0 Å². The second-order valence-corrected chi connectivity index (χ2v) is 0. The zero-order valence-corrected chi connectivity index (χ0v) is 9.17. The number of rotatable bonds is 0. The molecule has 0 saturated heterocycles. The minimum Gasteiger partial charge on any atom is 0 e. The van der Waals surface area contributed by atoms with Crippen LogP contribution in [0.15, 0.2) is 0 Å². The monoisotopic (exact) mass is 358 g/mol. The molecule has 0 heterocycles. The van der Waals surface area contributed by atoms with Crippen molar-refractivity contribution in [3.63, 3.8) is 0 Å². The minimum atomic E-state index is 0. The fraction of sp³-hybridized carbons (Fsp3) is 0. The Hall–Kier alpha value is 2.90. The Morgan fingerprint density at radius 3 is 1.25 bits per heavy atom. The van der Waals surface area contributed by atoms with Crippen LogP contribution in [0.3, 0.4) is 0 Å². The first-order valence-electron chi connectivity index (χ1n) is 0.123. The molecule has 0 aliphatic rings. The van der Waals surface area contributed by atoms with Crippen LogP contribution in [0.1, 0.15) is 0 Å². The quantitative estimate of drug-likeness (QED) is 0.536. The van der Waals surface area contributed by atoms with Crippen molar-refractivity contribution in [3.8, 4) is 0 Å². The van der Waals surface area contributed by atoms with Gasteiger partial charge in [0.2, 0.25) is 0 Å². The normalized spacial score (nSPS) is 1.50. The molecule has 0 rings (SSSR count). The summed E-state index contributed by atoms with van der Waals surface area (Å²) in [4.78, 5) is 0. The summed E-state index contributed by atoms with van der Waals surface area (Å²) in [6.45, 7) is 0. The molecule has 0 nitrogen and oxygen atoms in total. The number of hydrogen-bond acceptors (Lipinski definition) is 0. The molecular weight excluding hydrogens is 357 g/mol. The summed E-state index contributed by atoms with van der Waals surface area (Å²) >= 11 is 5.71.